The molecule has 0 aromatic rings. The van der Waals surface area contributed by atoms with Gasteiger partial charge in [0.25, 0.3) is 0 Å². The SMILES string of the molecule is CCOC(=O)C1(NC(C)C)CCC(C)C1. The van der Waals surface area contributed by atoms with E-state index in [-0.39, 0.29) is 5.97 Å². The zero-order chi connectivity index (χ0) is 11.5. The van der Waals surface area contributed by atoms with Crippen LogP contribution in [-0.2, 0) is 9.53 Å². The Morgan fingerprint density at radius 2 is 2.27 bits per heavy atom. The summed E-state index contributed by atoms with van der Waals surface area (Å²) in [5, 5.41) is 3.40. The van der Waals surface area contributed by atoms with Crippen molar-refractivity contribution in [2.45, 2.75) is 58.5 Å². The van der Waals surface area contributed by atoms with Crippen LogP contribution in [0.25, 0.3) is 0 Å². The minimum Gasteiger partial charge on any atom is -0.465 e. The van der Waals surface area contributed by atoms with Crippen molar-refractivity contribution in [1.82, 2.24) is 5.32 Å². The smallest absolute Gasteiger partial charge is 0.326 e. The quantitative estimate of drug-likeness (QED) is 0.727. The normalized spacial score (nSPS) is 30.9. The van der Waals surface area contributed by atoms with E-state index in [4.69, 9.17) is 4.74 Å². The highest BCUT2D eigenvalue weighted by molar-refractivity contribution is 5.81. The summed E-state index contributed by atoms with van der Waals surface area (Å²) < 4.78 is 5.18. The monoisotopic (exact) mass is 213 g/mol. The Balaban J connectivity index is 2.72. The zero-order valence-electron chi connectivity index (χ0n) is 10.3. The van der Waals surface area contributed by atoms with Crippen LogP contribution in [0, 0.1) is 5.92 Å². The van der Waals surface area contributed by atoms with Gasteiger partial charge in [0.1, 0.15) is 5.54 Å². The van der Waals surface area contributed by atoms with Gasteiger partial charge in [0.2, 0.25) is 0 Å². The lowest BCUT2D eigenvalue weighted by molar-refractivity contribution is -0.151. The molecule has 1 N–H and O–H groups in total. The van der Waals surface area contributed by atoms with Gasteiger partial charge in [0, 0.05) is 6.04 Å². The summed E-state index contributed by atoms with van der Waals surface area (Å²) in [5.41, 5.74) is -0.413. The number of ether oxygens (including phenoxy) is 1. The molecule has 0 aliphatic heterocycles. The number of esters is 1. The molecule has 15 heavy (non-hydrogen) atoms. The molecule has 2 unspecified atom stereocenters. The molecule has 3 nitrogen and oxygen atoms in total. The van der Waals surface area contributed by atoms with Crippen LogP contribution < -0.4 is 5.32 Å². The lowest BCUT2D eigenvalue weighted by atomic mass is 9.95. The van der Waals surface area contributed by atoms with E-state index in [0.29, 0.717) is 18.6 Å². The summed E-state index contributed by atoms with van der Waals surface area (Å²) in [6.07, 6.45) is 2.92. The molecule has 3 heteroatoms. The molecule has 0 saturated heterocycles. The van der Waals surface area contributed by atoms with Gasteiger partial charge < -0.3 is 4.74 Å². The first-order valence-corrected chi connectivity index (χ1v) is 5.95. The Bertz CT molecular complexity index is 228. The van der Waals surface area contributed by atoms with E-state index in [9.17, 15) is 4.79 Å². The van der Waals surface area contributed by atoms with Gasteiger partial charge in [-0.15, -0.1) is 0 Å². The number of hydrogen-bond acceptors (Lipinski definition) is 3. The predicted octanol–water partition coefficient (Wildman–Crippen LogP) is 2.11. The van der Waals surface area contributed by atoms with E-state index in [2.05, 4.69) is 26.1 Å². The summed E-state index contributed by atoms with van der Waals surface area (Å²) in [5.74, 6) is 0.545. The van der Waals surface area contributed by atoms with Crippen LogP contribution >= 0.6 is 0 Å². The minimum absolute atomic E-state index is 0.0666. The molecule has 0 amide bonds. The standard InChI is InChI=1S/C12H23NO2/c1-5-15-11(14)12(13-9(2)3)7-6-10(4)8-12/h9-10,13H,5-8H2,1-4H3. The average Bonchev–Trinajstić information content (AvgIpc) is 2.48. The first kappa shape index (κ1) is 12.5. The Kier molecular flexibility index (Phi) is 4.14. The van der Waals surface area contributed by atoms with E-state index in [1.54, 1.807) is 0 Å². The molecule has 0 heterocycles. The summed E-state index contributed by atoms with van der Waals surface area (Å²) in [4.78, 5) is 12.0. The number of rotatable bonds is 4. The van der Waals surface area contributed by atoms with Crippen LogP contribution in [0.15, 0.2) is 0 Å². The molecule has 0 radical (unpaired) electrons. The average molecular weight is 213 g/mol. The largest absolute Gasteiger partial charge is 0.465 e. The van der Waals surface area contributed by atoms with Crippen molar-refractivity contribution in [1.29, 1.82) is 0 Å². The molecule has 1 saturated carbocycles. The molecule has 0 bridgehead atoms. The van der Waals surface area contributed by atoms with Gasteiger partial charge in [-0.05, 0) is 46.0 Å². The lowest BCUT2D eigenvalue weighted by Gasteiger charge is -2.30. The second-order valence-electron chi connectivity index (χ2n) is 4.95. The Morgan fingerprint density at radius 1 is 1.60 bits per heavy atom. The van der Waals surface area contributed by atoms with Gasteiger partial charge in [0.15, 0.2) is 0 Å². The molecular formula is C12H23NO2. The highest BCUT2D eigenvalue weighted by atomic mass is 16.5. The first-order valence-electron chi connectivity index (χ1n) is 5.95. The highest BCUT2D eigenvalue weighted by Crippen LogP contribution is 2.35. The Hall–Kier alpha value is -0.570. The van der Waals surface area contributed by atoms with Gasteiger partial charge in [-0.1, -0.05) is 6.92 Å². The number of carbonyl (C=O) groups excluding carboxylic acids is 1. The lowest BCUT2D eigenvalue weighted by Crippen LogP contribution is -2.53. The minimum atomic E-state index is -0.413. The van der Waals surface area contributed by atoms with Crippen LogP contribution in [0.5, 0.6) is 0 Å². The van der Waals surface area contributed by atoms with Crippen LogP contribution in [0.4, 0.5) is 0 Å². The summed E-state index contributed by atoms with van der Waals surface area (Å²) in [7, 11) is 0. The van der Waals surface area contributed by atoms with Gasteiger partial charge in [-0.3, -0.25) is 10.1 Å². The summed E-state index contributed by atoms with van der Waals surface area (Å²) in [6.45, 7) is 8.67. The van der Waals surface area contributed by atoms with Crippen molar-refractivity contribution in [2.24, 2.45) is 5.92 Å². The molecule has 2 atom stereocenters. The van der Waals surface area contributed by atoms with Gasteiger partial charge in [-0.25, -0.2) is 0 Å². The Morgan fingerprint density at radius 3 is 2.67 bits per heavy atom. The number of nitrogens with one attached hydrogen (secondary N) is 1. The maximum absolute atomic E-state index is 12.0. The highest BCUT2D eigenvalue weighted by Gasteiger charge is 2.45. The first-order chi connectivity index (χ1) is 7.00. The third-order valence-corrected chi connectivity index (χ3v) is 2.99. The topological polar surface area (TPSA) is 38.3 Å². The molecule has 0 aromatic heterocycles. The maximum Gasteiger partial charge on any atom is 0.326 e. The zero-order valence-corrected chi connectivity index (χ0v) is 10.3. The van der Waals surface area contributed by atoms with Crippen molar-refractivity contribution < 1.29 is 9.53 Å². The van der Waals surface area contributed by atoms with E-state index in [0.717, 1.165) is 19.3 Å². The van der Waals surface area contributed by atoms with Crippen molar-refractivity contribution >= 4 is 5.97 Å². The fourth-order valence-electron chi connectivity index (χ4n) is 2.49. The van der Waals surface area contributed by atoms with Crippen molar-refractivity contribution in [3.8, 4) is 0 Å². The number of carbonyl (C=O) groups is 1. The summed E-state index contributed by atoms with van der Waals surface area (Å²) in [6, 6.07) is 0.319. The predicted molar refractivity (Wildman–Crippen MR) is 60.7 cm³/mol. The van der Waals surface area contributed by atoms with Crippen LogP contribution in [0.2, 0.25) is 0 Å². The van der Waals surface area contributed by atoms with Gasteiger partial charge in [-0.2, -0.15) is 0 Å². The van der Waals surface area contributed by atoms with Crippen molar-refractivity contribution in [3.05, 3.63) is 0 Å². The number of hydrogen-bond donors (Lipinski definition) is 1. The fraction of sp³-hybridized carbons (Fsp3) is 0.917. The second kappa shape index (κ2) is 4.97. The van der Waals surface area contributed by atoms with E-state index in [1.165, 1.54) is 0 Å². The fourth-order valence-corrected chi connectivity index (χ4v) is 2.49. The molecule has 1 aliphatic carbocycles. The molecule has 0 spiro atoms. The van der Waals surface area contributed by atoms with Crippen LogP contribution in [0.1, 0.15) is 47.0 Å². The van der Waals surface area contributed by atoms with Gasteiger partial charge in [0.05, 0.1) is 6.61 Å². The molecular weight excluding hydrogens is 190 g/mol. The third kappa shape index (κ3) is 2.94. The van der Waals surface area contributed by atoms with E-state index in [1.807, 2.05) is 6.92 Å². The molecule has 1 aliphatic rings. The second-order valence-corrected chi connectivity index (χ2v) is 4.95. The van der Waals surface area contributed by atoms with Crippen LogP contribution in [0.3, 0.4) is 0 Å². The molecule has 1 fully saturated rings. The summed E-state index contributed by atoms with van der Waals surface area (Å²) >= 11 is 0. The van der Waals surface area contributed by atoms with E-state index < -0.39 is 5.54 Å². The van der Waals surface area contributed by atoms with Gasteiger partial charge >= 0.3 is 5.97 Å². The Labute approximate surface area is 92.6 Å². The third-order valence-electron chi connectivity index (χ3n) is 2.99. The van der Waals surface area contributed by atoms with Crippen LogP contribution in [-0.4, -0.2) is 24.2 Å². The van der Waals surface area contributed by atoms with Crippen molar-refractivity contribution in [2.75, 3.05) is 6.61 Å². The van der Waals surface area contributed by atoms with E-state index >= 15 is 0 Å². The maximum atomic E-state index is 12.0. The van der Waals surface area contributed by atoms with Crippen molar-refractivity contribution in [3.63, 3.8) is 0 Å². The molecule has 88 valence electrons. The molecule has 1 rings (SSSR count). The molecule has 0 aromatic carbocycles.